The highest BCUT2D eigenvalue weighted by molar-refractivity contribution is 6.39. The number of aromatic nitrogens is 3. The lowest BCUT2D eigenvalue weighted by atomic mass is 10.1. The number of carbonyl (C=O) groups is 1. The van der Waals surface area contributed by atoms with Crippen molar-refractivity contribution < 1.29 is 14.6 Å². The van der Waals surface area contributed by atoms with Crippen molar-refractivity contribution in [1.82, 2.24) is 14.5 Å². The molecule has 0 spiro atoms. The molecular weight excluding hydrogens is 487 g/mol. The molecule has 2 N–H and O–H groups in total. The number of hydrogen-bond donors (Lipinski definition) is 2. The molecule has 4 aromatic rings. The molecule has 0 amide bonds. The third-order valence-corrected chi connectivity index (χ3v) is 6.16. The maximum Gasteiger partial charge on any atom is 0.338 e. The molecular formula is C23H19Cl3N4O3. The van der Waals surface area contributed by atoms with Crippen molar-refractivity contribution in [3.8, 4) is 17.0 Å². The minimum atomic E-state index is -1.19. The fraction of sp³-hybridized carbons (Fsp3) is 0.174. The van der Waals surface area contributed by atoms with Crippen LogP contribution in [-0.4, -0.2) is 39.3 Å². The SMILES string of the molecule is COc1ccc(Cl)c2c1cc(C)n2CCNc1cc(-c2cc(Cl)c(C(=O)O)c(Cl)c2)ncn1. The Morgan fingerprint density at radius 2 is 1.82 bits per heavy atom. The summed E-state index contributed by atoms with van der Waals surface area (Å²) in [6.45, 7) is 3.24. The minimum Gasteiger partial charge on any atom is -0.496 e. The van der Waals surface area contributed by atoms with Gasteiger partial charge in [-0.05, 0) is 37.3 Å². The Bertz CT molecular complexity index is 1350. The van der Waals surface area contributed by atoms with Gasteiger partial charge in [-0.25, -0.2) is 14.8 Å². The summed E-state index contributed by atoms with van der Waals surface area (Å²) in [7, 11) is 1.64. The Hall–Kier alpha value is -3.00. The summed E-state index contributed by atoms with van der Waals surface area (Å²) in [4.78, 5) is 19.8. The maximum absolute atomic E-state index is 11.3. The second kappa shape index (κ2) is 9.47. The van der Waals surface area contributed by atoms with Crippen LogP contribution in [0.25, 0.3) is 22.2 Å². The highest BCUT2D eigenvalue weighted by Crippen LogP contribution is 2.34. The van der Waals surface area contributed by atoms with Gasteiger partial charge in [0.15, 0.2) is 0 Å². The molecule has 0 fully saturated rings. The van der Waals surface area contributed by atoms with Crippen LogP contribution < -0.4 is 10.1 Å². The van der Waals surface area contributed by atoms with E-state index >= 15 is 0 Å². The van der Waals surface area contributed by atoms with Gasteiger partial charge in [0.2, 0.25) is 0 Å². The zero-order valence-electron chi connectivity index (χ0n) is 17.7. The Morgan fingerprint density at radius 3 is 2.48 bits per heavy atom. The fourth-order valence-corrected chi connectivity index (χ4v) is 4.65. The molecule has 2 aromatic heterocycles. The predicted octanol–water partition coefficient (Wildman–Crippen LogP) is 6.19. The molecule has 0 aliphatic rings. The Morgan fingerprint density at radius 1 is 1.09 bits per heavy atom. The lowest BCUT2D eigenvalue weighted by Gasteiger charge is -2.12. The Balaban J connectivity index is 1.54. The zero-order chi connectivity index (χ0) is 23.7. The third kappa shape index (κ3) is 4.57. The number of carboxylic acids is 1. The van der Waals surface area contributed by atoms with Crippen LogP contribution in [0, 0.1) is 6.92 Å². The number of aryl methyl sites for hydroxylation is 1. The van der Waals surface area contributed by atoms with E-state index in [0.29, 0.717) is 35.2 Å². The van der Waals surface area contributed by atoms with Crippen molar-refractivity contribution in [2.45, 2.75) is 13.5 Å². The first-order valence-corrected chi connectivity index (χ1v) is 11.0. The van der Waals surface area contributed by atoms with Gasteiger partial charge in [-0.3, -0.25) is 0 Å². The van der Waals surface area contributed by atoms with Crippen LogP contribution in [0.2, 0.25) is 15.1 Å². The smallest absolute Gasteiger partial charge is 0.338 e. The number of carboxylic acid groups (broad SMARTS) is 1. The van der Waals surface area contributed by atoms with Crippen LogP contribution in [0.4, 0.5) is 5.82 Å². The first-order chi connectivity index (χ1) is 15.8. The summed E-state index contributed by atoms with van der Waals surface area (Å²) >= 11 is 18.7. The van der Waals surface area contributed by atoms with Gasteiger partial charge in [0.1, 0.15) is 17.9 Å². The first-order valence-electron chi connectivity index (χ1n) is 9.91. The summed E-state index contributed by atoms with van der Waals surface area (Å²) in [5.41, 5.74) is 2.99. The molecule has 7 nitrogen and oxygen atoms in total. The molecule has 0 aliphatic heterocycles. The molecule has 0 radical (unpaired) electrons. The number of aromatic carboxylic acids is 1. The van der Waals surface area contributed by atoms with E-state index in [0.717, 1.165) is 22.3 Å². The van der Waals surface area contributed by atoms with Crippen molar-refractivity contribution in [3.05, 3.63) is 69.1 Å². The highest BCUT2D eigenvalue weighted by atomic mass is 35.5. The molecule has 0 unspecified atom stereocenters. The van der Waals surface area contributed by atoms with E-state index in [2.05, 4.69) is 25.9 Å². The van der Waals surface area contributed by atoms with Crippen LogP contribution in [-0.2, 0) is 6.54 Å². The van der Waals surface area contributed by atoms with Crippen LogP contribution in [0.1, 0.15) is 16.1 Å². The lowest BCUT2D eigenvalue weighted by Crippen LogP contribution is -2.12. The molecule has 2 aromatic carbocycles. The van der Waals surface area contributed by atoms with Gasteiger partial charge >= 0.3 is 5.97 Å². The quantitative estimate of drug-likeness (QED) is 0.311. The number of anilines is 1. The first kappa shape index (κ1) is 23.2. The molecule has 2 heterocycles. The standard InChI is InChI=1S/C23H19Cl3N4O3/c1-12-7-14-19(33-2)4-3-15(24)22(14)30(12)6-5-27-20-10-18(28-11-29-20)13-8-16(25)21(23(31)32)17(26)9-13/h3-4,7-11H,5-6H2,1-2H3,(H,31,32)(H,27,28,29). The van der Waals surface area contributed by atoms with E-state index in [9.17, 15) is 9.90 Å². The molecule has 33 heavy (non-hydrogen) atoms. The second-order valence-electron chi connectivity index (χ2n) is 7.28. The number of halogens is 3. The summed E-state index contributed by atoms with van der Waals surface area (Å²) in [5, 5.41) is 14.2. The summed E-state index contributed by atoms with van der Waals surface area (Å²) in [6, 6.07) is 10.5. The average molecular weight is 506 g/mol. The summed E-state index contributed by atoms with van der Waals surface area (Å²) in [6.07, 6.45) is 1.42. The normalized spacial score (nSPS) is 11.1. The molecule has 0 atom stereocenters. The number of rotatable bonds is 7. The third-order valence-electron chi connectivity index (χ3n) is 5.26. The number of hydrogen-bond acceptors (Lipinski definition) is 5. The van der Waals surface area contributed by atoms with E-state index in [4.69, 9.17) is 39.5 Å². The van der Waals surface area contributed by atoms with Crippen molar-refractivity contribution >= 4 is 57.5 Å². The van der Waals surface area contributed by atoms with Gasteiger partial charge in [-0.15, -0.1) is 0 Å². The number of methoxy groups -OCH3 is 1. The molecule has 4 rings (SSSR count). The molecule has 10 heteroatoms. The van der Waals surface area contributed by atoms with Crippen molar-refractivity contribution in [3.63, 3.8) is 0 Å². The van der Waals surface area contributed by atoms with Gasteiger partial charge in [-0.1, -0.05) is 34.8 Å². The van der Waals surface area contributed by atoms with Gasteiger partial charge in [-0.2, -0.15) is 0 Å². The molecule has 170 valence electrons. The van der Waals surface area contributed by atoms with E-state index in [1.54, 1.807) is 13.2 Å². The minimum absolute atomic E-state index is 0.0420. The number of ether oxygens (including phenoxy) is 1. The molecule has 0 saturated carbocycles. The maximum atomic E-state index is 11.3. The monoisotopic (exact) mass is 504 g/mol. The van der Waals surface area contributed by atoms with Gasteiger partial charge in [0, 0.05) is 35.8 Å². The van der Waals surface area contributed by atoms with Gasteiger partial charge < -0.3 is 19.7 Å². The average Bonchev–Trinajstić information content (AvgIpc) is 3.10. The predicted molar refractivity (Wildman–Crippen MR) is 131 cm³/mol. The van der Waals surface area contributed by atoms with E-state index < -0.39 is 5.97 Å². The molecule has 0 saturated heterocycles. The number of nitrogens with zero attached hydrogens (tertiary/aromatic N) is 3. The van der Waals surface area contributed by atoms with Crippen LogP contribution >= 0.6 is 34.8 Å². The summed E-state index contributed by atoms with van der Waals surface area (Å²) in [5.74, 6) is 0.190. The van der Waals surface area contributed by atoms with Crippen LogP contribution in [0.15, 0.2) is 42.7 Å². The number of fused-ring (bicyclic) bond motifs is 1. The number of benzene rings is 2. The Kier molecular flexibility index (Phi) is 6.65. The van der Waals surface area contributed by atoms with Gasteiger partial charge in [0.25, 0.3) is 0 Å². The largest absolute Gasteiger partial charge is 0.496 e. The van der Waals surface area contributed by atoms with Crippen molar-refractivity contribution in [1.29, 1.82) is 0 Å². The van der Waals surface area contributed by atoms with E-state index in [1.165, 1.54) is 18.5 Å². The summed E-state index contributed by atoms with van der Waals surface area (Å²) < 4.78 is 7.59. The topological polar surface area (TPSA) is 89.3 Å². The fourth-order valence-electron chi connectivity index (χ4n) is 3.74. The molecule has 0 aliphatic carbocycles. The van der Waals surface area contributed by atoms with Crippen LogP contribution in [0.5, 0.6) is 5.75 Å². The molecule has 0 bridgehead atoms. The van der Waals surface area contributed by atoms with E-state index in [1.807, 2.05) is 19.1 Å². The van der Waals surface area contributed by atoms with Crippen LogP contribution in [0.3, 0.4) is 0 Å². The number of nitrogens with one attached hydrogen (secondary N) is 1. The Labute approximate surface area is 204 Å². The van der Waals surface area contributed by atoms with Crippen molar-refractivity contribution in [2.75, 3.05) is 19.0 Å². The van der Waals surface area contributed by atoms with Crippen molar-refractivity contribution in [2.24, 2.45) is 0 Å². The van der Waals surface area contributed by atoms with E-state index in [-0.39, 0.29) is 15.6 Å². The highest BCUT2D eigenvalue weighted by Gasteiger charge is 2.17. The second-order valence-corrected chi connectivity index (χ2v) is 8.51. The lowest BCUT2D eigenvalue weighted by molar-refractivity contribution is 0.0697. The van der Waals surface area contributed by atoms with Gasteiger partial charge in [0.05, 0.1) is 39.0 Å². The zero-order valence-corrected chi connectivity index (χ0v) is 20.0.